The zero-order chi connectivity index (χ0) is 14.3. The van der Waals surface area contributed by atoms with Gasteiger partial charge < -0.3 is 11.1 Å². The van der Waals surface area contributed by atoms with Crippen LogP contribution in [0, 0.1) is 5.92 Å². The highest BCUT2D eigenvalue weighted by Crippen LogP contribution is 2.24. The van der Waals surface area contributed by atoms with Crippen LogP contribution in [0.1, 0.15) is 52.9 Å². The zero-order valence-electron chi connectivity index (χ0n) is 12.8. The molecule has 0 aliphatic carbocycles. The predicted molar refractivity (Wildman–Crippen MR) is 79.9 cm³/mol. The van der Waals surface area contributed by atoms with Gasteiger partial charge in [-0.15, -0.1) is 0 Å². The lowest BCUT2D eigenvalue weighted by atomic mass is 9.89. The van der Waals surface area contributed by atoms with Crippen LogP contribution in [0.25, 0.3) is 0 Å². The van der Waals surface area contributed by atoms with Gasteiger partial charge in [0.1, 0.15) is 0 Å². The Bertz CT molecular complexity index is 270. The Morgan fingerprint density at radius 3 is 2.84 bits per heavy atom. The van der Waals surface area contributed by atoms with Gasteiger partial charge in [0.05, 0.1) is 6.04 Å². The normalized spacial score (nSPS) is 26.1. The molecule has 0 saturated carbocycles. The highest BCUT2D eigenvalue weighted by Gasteiger charge is 2.33. The SMILES string of the molecule is CCCCCNC(=O)C(C)N1CCCC(C)C1CN. The van der Waals surface area contributed by atoms with Gasteiger partial charge in [-0.1, -0.05) is 26.7 Å². The Morgan fingerprint density at radius 1 is 1.47 bits per heavy atom. The molecule has 1 fully saturated rings. The van der Waals surface area contributed by atoms with Gasteiger partial charge in [-0.2, -0.15) is 0 Å². The summed E-state index contributed by atoms with van der Waals surface area (Å²) in [6.07, 6.45) is 5.84. The van der Waals surface area contributed by atoms with Gasteiger partial charge >= 0.3 is 0 Å². The van der Waals surface area contributed by atoms with Crippen molar-refractivity contribution >= 4 is 5.91 Å². The largest absolute Gasteiger partial charge is 0.355 e. The van der Waals surface area contributed by atoms with Crippen LogP contribution in [0.5, 0.6) is 0 Å². The van der Waals surface area contributed by atoms with Crippen LogP contribution in [-0.4, -0.2) is 42.5 Å². The maximum absolute atomic E-state index is 12.2. The number of nitrogens with two attached hydrogens (primary N) is 1. The summed E-state index contributed by atoms with van der Waals surface area (Å²) < 4.78 is 0. The van der Waals surface area contributed by atoms with Gasteiger partial charge in [0.25, 0.3) is 0 Å². The quantitative estimate of drug-likeness (QED) is 0.692. The number of likely N-dealkylation sites (tertiary alicyclic amines) is 1. The standard InChI is InChI=1S/C15H31N3O/c1-4-5-6-9-17-15(19)13(3)18-10-7-8-12(2)14(18)11-16/h12-14H,4-11,16H2,1-3H3,(H,17,19). The summed E-state index contributed by atoms with van der Waals surface area (Å²) in [5.74, 6) is 0.748. The van der Waals surface area contributed by atoms with Gasteiger partial charge in [-0.05, 0) is 38.6 Å². The van der Waals surface area contributed by atoms with E-state index in [9.17, 15) is 4.79 Å². The van der Waals surface area contributed by atoms with Crippen molar-refractivity contribution in [2.24, 2.45) is 11.7 Å². The number of piperidine rings is 1. The monoisotopic (exact) mass is 269 g/mol. The van der Waals surface area contributed by atoms with E-state index in [4.69, 9.17) is 5.73 Å². The first-order chi connectivity index (χ1) is 9.11. The summed E-state index contributed by atoms with van der Waals surface area (Å²) in [7, 11) is 0. The van der Waals surface area contributed by atoms with Crippen LogP contribution in [0.2, 0.25) is 0 Å². The molecule has 1 heterocycles. The minimum absolute atomic E-state index is 0.0575. The van der Waals surface area contributed by atoms with E-state index in [2.05, 4.69) is 24.1 Å². The van der Waals surface area contributed by atoms with Crippen molar-refractivity contribution in [3.8, 4) is 0 Å². The Labute approximate surface area is 118 Å². The van der Waals surface area contributed by atoms with Crippen molar-refractivity contribution in [2.75, 3.05) is 19.6 Å². The Kier molecular flexibility index (Phi) is 7.39. The molecule has 1 saturated heterocycles. The number of hydrogen-bond acceptors (Lipinski definition) is 3. The van der Waals surface area contributed by atoms with E-state index < -0.39 is 0 Å². The predicted octanol–water partition coefficient (Wildman–Crippen LogP) is 1.74. The van der Waals surface area contributed by atoms with E-state index in [0.717, 1.165) is 19.5 Å². The fourth-order valence-electron chi connectivity index (χ4n) is 3.01. The van der Waals surface area contributed by atoms with Crippen LogP contribution in [0.4, 0.5) is 0 Å². The lowest BCUT2D eigenvalue weighted by Crippen LogP contribution is -2.56. The second kappa shape index (κ2) is 8.54. The molecule has 1 amide bonds. The highest BCUT2D eigenvalue weighted by atomic mass is 16.2. The van der Waals surface area contributed by atoms with Crippen LogP contribution in [0.3, 0.4) is 0 Å². The summed E-state index contributed by atoms with van der Waals surface area (Å²) in [6, 6.07) is 0.295. The fraction of sp³-hybridized carbons (Fsp3) is 0.933. The van der Waals surface area contributed by atoms with E-state index in [-0.39, 0.29) is 11.9 Å². The lowest BCUT2D eigenvalue weighted by molar-refractivity contribution is -0.127. The third kappa shape index (κ3) is 4.77. The first-order valence-electron chi connectivity index (χ1n) is 7.85. The topological polar surface area (TPSA) is 58.4 Å². The zero-order valence-corrected chi connectivity index (χ0v) is 12.8. The third-order valence-corrected chi connectivity index (χ3v) is 4.36. The molecule has 112 valence electrons. The third-order valence-electron chi connectivity index (χ3n) is 4.36. The number of nitrogens with one attached hydrogen (secondary N) is 1. The van der Waals surface area contributed by atoms with Crippen molar-refractivity contribution in [1.82, 2.24) is 10.2 Å². The van der Waals surface area contributed by atoms with Crippen molar-refractivity contribution in [2.45, 2.75) is 65.0 Å². The van der Waals surface area contributed by atoms with Gasteiger partial charge in [-0.25, -0.2) is 0 Å². The van der Waals surface area contributed by atoms with Crippen LogP contribution >= 0.6 is 0 Å². The Hall–Kier alpha value is -0.610. The molecule has 3 atom stereocenters. The van der Waals surface area contributed by atoms with Crippen molar-refractivity contribution in [3.63, 3.8) is 0 Å². The van der Waals surface area contributed by atoms with E-state index in [1.54, 1.807) is 0 Å². The van der Waals surface area contributed by atoms with Crippen LogP contribution in [0.15, 0.2) is 0 Å². The van der Waals surface area contributed by atoms with Gasteiger partial charge in [0.15, 0.2) is 0 Å². The molecule has 1 rings (SSSR count). The number of carbonyl (C=O) groups is 1. The summed E-state index contributed by atoms with van der Waals surface area (Å²) in [5.41, 5.74) is 5.89. The summed E-state index contributed by atoms with van der Waals surface area (Å²) in [4.78, 5) is 14.5. The van der Waals surface area contributed by atoms with Gasteiger partial charge in [0.2, 0.25) is 5.91 Å². The molecule has 0 spiro atoms. The van der Waals surface area contributed by atoms with Crippen LogP contribution < -0.4 is 11.1 Å². The number of carbonyl (C=O) groups excluding carboxylic acids is 1. The van der Waals surface area contributed by atoms with Gasteiger partial charge in [-0.3, -0.25) is 9.69 Å². The summed E-state index contributed by atoms with van der Waals surface area (Å²) >= 11 is 0. The van der Waals surface area contributed by atoms with Crippen LogP contribution in [-0.2, 0) is 4.79 Å². The minimum Gasteiger partial charge on any atom is -0.355 e. The molecule has 4 heteroatoms. The molecule has 1 aliphatic heterocycles. The smallest absolute Gasteiger partial charge is 0.237 e. The number of amides is 1. The van der Waals surface area contributed by atoms with E-state index in [1.165, 1.54) is 25.7 Å². The van der Waals surface area contributed by atoms with E-state index in [1.807, 2.05) is 6.92 Å². The van der Waals surface area contributed by atoms with Crippen molar-refractivity contribution in [3.05, 3.63) is 0 Å². The number of rotatable bonds is 7. The molecular weight excluding hydrogens is 238 g/mol. The van der Waals surface area contributed by atoms with Crippen molar-refractivity contribution in [1.29, 1.82) is 0 Å². The molecule has 0 aromatic heterocycles. The lowest BCUT2D eigenvalue weighted by Gasteiger charge is -2.42. The molecule has 0 aromatic carbocycles. The second-order valence-electron chi connectivity index (χ2n) is 5.83. The van der Waals surface area contributed by atoms with Crippen molar-refractivity contribution < 1.29 is 4.79 Å². The Balaban J connectivity index is 2.45. The summed E-state index contributed by atoms with van der Waals surface area (Å²) in [5, 5.41) is 3.05. The molecule has 4 nitrogen and oxygen atoms in total. The first kappa shape index (κ1) is 16.4. The average Bonchev–Trinajstić information content (AvgIpc) is 2.42. The molecule has 3 N–H and O–H groups in total. The number of unbranched alkanes of at least 4 members (excludes halogenated alkanes) is 2. The maximum Gasteiger partial charge on any atom is 0.237 e. The molecule has 0 bridgehead atoms. The highest BCUT2D eigenvalue weighted by molar-refractivity contribution is 5.81. The average molecular weight is 269 g/mol. The molecular formula is C15H31N3O. The minimum atomic E-state index is -0.0575. The number of nitrogens with zero attached hydrogens (tertiary/aromatic N) is 1. The Morgan fingerprint density at radius 2 is 2.21 bits per heavy atom. The fourth-order valence-corrected chi connectivity index (χ4v) is 3.01. The summed E-state index contributed by atoms with van der Waals surface area (Å²) in [6.45, 7) is 8.87. The molecule has 0 aromatic rings. The second-order valence-corrected chi connectivity index (χ2v) is 5.83. The number of hydrogen-bond donors (Lipinski definition) is 2. The molecule has 3 unspecified atom stereocenters. The van der Waals surface area contributed by atoms with Gasteiger partial charge in [0, 0.05) is 19.1 Å². The maximum atomic E-state index is 12.2. The first-order valence-corrected chi connectivity index (χ1v) is 7.85. The van der Waals surface area contributed by atoms with E-state index in [0.29, 0.717) is 18.5 Å². The molecule has 1 aliphatic rings. The van der Waals surface area contributed by atoms with E-state index >= 15 is 0 Å². The molecule has 19 heavy (non-hydrogen) atoms. The molecule has 0 radical (unpaired) electrons.